The molecule has 1 aliphatic heterocycles. The highest BCUT2D eigenvalue weighted by atomic mass is 16.2. The van der Waals surface area contributed by atoms with Gasteiger partial charge in [-0.3, -0.25) is 15.0 Å². The molecule has 1 aliphatic rings. The molecule has 0 unspecified atom stereocenters. The zero-order chi connectivity index (χ0) is 25.9. The molecule has 9 heteroatoms. The van der Waals surface area contributed by atoms with Gasteiger partial charge in [0.1, 0.15) is 0 Å². The van der Waals surface area contributed by atoms with Gasteiger partial charge in [-0.1, -0.05) is 32.0 Å². The SMILES string of the molecule is CN(C=N)CC(C)(C)CNC(=O)c1ccc(Nc2ncc3c(n2)-c2ccccc2N(C)C(=O)C3)cc1. The van der Waals surface area contributed by atoms with E-state index in [1.165, 1.54) is 6.34 Å². The molecule has 186 valence electrons. The van der Waals surface area contributed by atoms with Gasteiger partial charge in [0, 0.05) is 55.8 Å². The zero-order valence-corrected chi connectivity index (χ0v) is 21.0. The fourth-order valence-corrected chi connectivity index (χ4v) is 4.24. The lowest BCUT2D eigenvalue weighted by Gasteiger charge is -2.29. The molecule has 36 heavy (non-hydrogen) atoms. The molecule has 2 heterocycles. The molecule has 0 radical (unpaired) electrons. The normalized spacial score (nSPS) is 12.8. The summed E-state index contributed by atoms with van der Waals surface area (Å²) in [5.74, 6) is 0.248. The molecule has 0 spiro atoms. The highest BCUT2D eigenvalue weighted by Crippen LogP contribution is 2.35. The smallest absolute Gasteiger partial charge is 0.251 e. The van der Waals surface area contributed by atoms with Crippen LogP contribution in [0.4, 0.5) is 17.3 Å². The lowest BCUT2D eigenvalue weighted by atomic mass is 9.93. The fourth-order valence-electron chi connectivity index (χ4n) is 4.24. The standard InChI is InChI=1S/C27H31N7O2/c1-27(2,16-33(3)17-28)15-30-25(36)18-9-11-20(12-10-18)31-26-29-14-19-13-23(35)34(4)22-8-6-5-7-21(22)24(19)32-26/h5-12,14,17,28H,13,15-16H2,1-4H3,(H,30,36)(H,29,31,32). The van der Waals surface area contributed by atoms with Crippen molar-refractivity contribution in [2.45, 2.75) is 20.3 Å². The highest BCUT2D eigenvalue weighted by Gasteiger charge is 2.25. The minimum absolute atomic E-state index is 0.00972. The Balaban J connectivity index is 1.46. The number of aromatic nitrogens is 2. The van der Waals surface area contributed by atoms with Crippen LogP contribution in [0.1, 0.15) is 29.8 Å². The Morgan fingerprint density at radius 2 is 1.92 bits per heavy atom. The molecule has 3 aromatic rings. The molecule has 9 nitrogen and oxygen atoms in total. The Bertz CT molecular complexity index is 1290. The third-order valence-electron chi connectivity index (χ3n) is 6.13. The monoisotopic (exact) mass is 485 g/mol. The van der Waals surface area contributed by atoms with E-state index in [1.807, 2.05) is 57.3 Å². The van der Waals surface area contributed by atoms with Gasteiger partial charge >= 0.3 is 0 Å². The Hall–Kier alpha value is -4.27. The summed E-state index contributed by atoms with van der Waals surface area (Å²) in [6.45, 7) is 5.25. The molecule has 2 aromatic carbocycles. The van der Waals surface area contributed by atoms with Crippen molar-refractivity contribution in [3.63, 3.8) is 0 Å². The minimum Gasteiger partial charge on any atom is -0.366 e. The predicted octanol–water partition coefficient (Wildman–Crippen LogP) is 3.70. The number of nitrogens with one attached hydrogen (secondary N) is 3. The lowest BCUT2D eigenvalue weighted by molar-refractivity contribution is -0.117. The van der Waals surface area contributed by atoms with E-state index in [2.05, 4.69) is 15.6 Å². The van der Waals surface area contributed by atoms with E-state index in [0.717, 1.165) is 28.2 Å². The van der Waals surface area contributed by atoms with Gasteiger partial charge in [0.2, 0.25) is 11.9 Å². The van der Waals surface area contributed by atoms with Crippen LogP contribution in [0.25, 0.3) is 11.3 Å². The van der Waals surface area contributed by atoms with E-state index in [4.69, 9.17) is 10.4 Å². The molecule has 0 saturated heterocycles. The first-order valence-corrected chi connectivity index (χ1v) is 11.7. The molecule has 3 N–H and O–H groups in total. The van der Waals surface area contributed by atoms with E-state index in [0.29, 0.717) is 24.6 Å². The van der Waals surface area contributed by atoms with Gasteiger partial charge in [-0.05, 0) is 35.7 Å². The average Bonchev–Trinajstić information content (AvgIpc) is 2.97. The van der Waals surface area contributed by atoms with Gasteiger partial charge in [0.25, 0.3) is 5.91 Å². The van der Waals surface area contributed by atoms with Crippen LogP contribution in [-0.2, 0) is 11.2 Å². The maximum Gasteiger partial charge on any atom is 0.251 e. The van der Waals surface area contributed by atoms with Crippen molar-refractivity contribution >= 4 is 35.5 Å². The molecule has 0 bridgehead atoms. The average molecular weight is 486 g/mol. The minimum atomic E-state index is -0.176. The Labute approximate surface area is 211 Å². The third kappa shape index (κ3) is 5.51. The van der Waals surface area contributed by atoms with E-state index in [-0.39, 0.29) is 23.7 Å². The fraction of sp³-hybridized carbons (Fsp3) is 0.296. The second-order valence-corrected chi connectivity index (χ2v) is 9.81. The first-order chi connectivity index (χ1) is 17.2. The second kappa shape index (κ2) is 10.2. The third-order valence-corrected chi connectivity index (χ3v) is 6.13. The van der Waals surface area contributed by atoms with Crippen LogP contribution in [0.15, 0.2) is 54.7 Å². The lowest BCUT2D eigenvalue weighted by Crippen LogP contribution is -2.40. The van der Waals surface area contributed by atoms with Crippen molar-refractivity contribution < 1.29 is 9.59 Å². The number of para-hydroxylation sites is 1. The van der Waals surface area contributed by atoms with Gasteiger partial charge in [-0.15, -0.1) is 0 Å². The Morgan fingerprint density at radius 1 is 1.19 bits per heavy atom. The summed E-state index contributed by atoms with van der Waals surface area (Å²) in [7, 11) is 3.61. The van der Waals surface area contributed by atoms with E-state index >= 15 is 0 Å². The van der Waals surface area contributed by atoms with Crippen LogP contribution in [0, 0.1) is 10.8 Å². The largest absolute Gasteiger partial charge is 0.366 e. The van der Waals surface area contributed by atoms with Crippen molar-refractivity contribution in [1.82, 2.24) is 20.2 Å². The topological polar surface area (TPSA) is 114 Å². The summed E-state index contributed by atoms with van der Waals surface area (Å²) < 4.78 is 0. The number of fused-ring (bicyclic) bond motifs is 3. The van der Waals surface area contributed by atoms with Crippen LogP contribution < -0.4 is 15.5 Å². The number of anilines is 3. The number of hydrogen-bond donors (Lipinski definition) is 3. The van der Waals surface area contributed by atoms with E-state index in [1.54, 1.807) is 35.2 Å². The van der Waals surface area contributed by atoms with Crippen LogP contribution in [0.2, 0.25) is 0 Å². The number of nitrogens with zero attached hydrogens (tertiary/aromatic N) is 4. The van der Waals surface area contributed by atoms with Crippen LogP contribution in [0.3, 0.4) is 0 Å². The Kier molecular flexibility index (Phi) is 7.00. The molecule has 0 fully saturated rings. The number of benzene rings is 2. The number of carbonyl (C=O) groups excluding carboxylic acids is 2. The first kappa shape index (κ1) is 24.8. The van der Waals surface area contributed by atoms with Crippen molar-refractivity contribution in [1.29, 1.82) is 5.41 Å². The molecule has 0 atom stereocenters. The molecule has 0 saturated carbocycles. The van der Waals surface area contributed by atoms with Crippen LogP contribution in [0.5, 0.6) is 0 Å². The van der Waals surface area contributed by atoms with E-state index < -0.39 is 0 Å². The molecular formula is C27H31N7O2. The molecule has 2 amide bonds. The second-order valence-electron chi connectivity index (χ2n) is 9.81. The summed E-state index contributed by atoms with van der Waals surface area (Å²) in [5.41, 5.74) is 4.33. The van der Waals surface area contributed by atoms with Gasteiger partial charge < -0.3 is 20.4 Å². The quantitative estimate of drug-likeness (QED) is 0.331. The number of carbonyl (C=O) groups is 2. The van der Waals surface area contributed by atoms with Crippen molar-refractivity contribution in [3.8, 4) is 11.3 Å². The number of amides is 2. The van der Waals surface area contributed by atoms with Crippen molar-refractivity contribution in [2.75, 3.05) is 37.4 Å². The predicted molar refractivity (Wildman–Crippen MR) is 142 cm³/mol. The highest BCUT2D eigenvalue weighted by molar-refractivity contribution is 6.01. The van der Waals surface area contributed by atoms with Crippen LogP contribution >= 0.6 is 0 Å². The van der Waals surface area contributed by atoms with Crippen molar-refractivity contribution in [3.05, 3.63) is 65.9 Å². The molecule has 1 aromatic heterocycles. The van der Waals surface area contributed by atoms with Crippen molar-refractivity contribution in [2.24, 2.45) is 5.41 Å². The summed E-state index contributed by atoms with van der Waals surface area (Å²) >= 11 is 0. The molecule has 0 aliphatic carbocycles. The summed E-state index contributed by atoms with van der Waals surface area (Å²) in [5, 5.41) is 13.5. The van der Waals surface area contributed by atoms with Gasteiger partial charge in [-0.2, -0.15) is 0 Å². The maximum atomic E-state index is 12.6. The van der Waals surface area contributed by atoms with Gasteiger partial charge in [-0.25, -0.2) is 9.97 Å². The number of hydrogen-bond acceptors (Lipinski definition) is 6. The molecule has 4 rings (SSSR count). The first-order valence-electron chi connectivity index (χ1n) is 11.7. The summed E-state index contributed by atoms with van der Waals surface area (Å²) in [6, 6.07) is 14.8. The summed E-state index contributed by atoms with van der Waals surface area (Å²) in [4.78, 5) is 37.8. The zero-order valence-electron chi connectivity index (χ0n) is 21.0. The van der Waals surface area contributed by atoms with Gasteiger partial charge in [0.15, 0.2) is 0 Å². The maximum absolute atomic E-state index is 12.6. The number of likely N-dealkylation sites (N-methyl/N-ethyl adjacent to an activating group) is 1. The van der Waals surface area contributed by atoms with Gasteiger partial charge in [0.05, 0.1) is 24.1 Å². The molecular weight excluding hydrogens is 454 g/mol. The summed E-state index contributed by atoms with van der Waals surface area (Å²) in [6.07, 6.45) is 3.21. The van der Waals surface area contributed by atoms with E-state index in [9.17, 15) is 9.59 Å². The number of rotatable bonds is 8. The van der Waals surface area contributed by atoms with Crippen LogP contribution in [-0.4, -0.2) is 60.2 Å². The Morgan fingerprint density at radius 3 is 2.64 bits per heavy atom.